The lowest BCUT2D eigenvalue weighted by Crippen LogP contribution is -2.23. The molecule has 8 nitrogen and oxygen atoms in total. The van der Waals surface area contributed by atoms with E-state index in [1.165, 1.54) is 36.2 Å². The molecule has 3 aromatic carbocycles. The molecule has 1 amide bonds. The maximum atomic E-state index is 13.8. The van der Waals surface area contributed by atoms with Crippen molar-refractivity contribution in [2.45, 2.75) is 26.2 Å². The molecule has 202 valence electrons. The number of nitrogens with one attached hydrogen (secondary N) is 1. The minimum absolute atomic E-state index is 0.0210. The van der Waals surface area contributed by atoms with Gasteiger partial charge in [-0.1, -0.05) is 53.5 Å². The summed E-state index contributed by atoms with van der Waals surface area (Å²) in [6, 6.07) is 14.3. The summed E-state index contributed by atoms with van der Waals surface area (Å²) in [5.74, 6) is -0.238. The molecule has 1 aromatic heterocycles. The third kappa shape index (κ3) is 6.46. The first-order valence-electron chi connectivity index (χ1n) is 12.0. The van der Waals surface area contributed by atoms with E-state index in [-0.39, 0.29) is 33.7 Å². The second-order valence-corrected chi connectivity index (χ2v) is 9.98. The van der Waals surface area contributed by atoms with Crippen LogP contribution < -0.4 is 20.3 Å². The number of anilines is 1. The highest BCUT2D eigenvalue weighted by Crippen LogP contribution is 2.36. The molecule has 0 aliphatic rings. The van der Waals surface area contributed by atoms with Crippen molar-refractivity contribution in [2.24, 2.45) is 5.10 Å². The maximum absolute atomic E-state index is 13.8. The monoisotopic (exact) mass is 614 g/mol. The topological polar surface area (TPSA) is 94.8 Å². The molecule has 0 radical (unpaired) electrons. The van der Waals surface area contributed by atoms with E-state index < -0.39 is 18.3 Å². The van der Waals surface area contributed by atoms with E-state index in [0.29, 0.717) is 22.3 Å². The average Bonchev–Trinajstić information content (AvgIpc) is 2.92. The summed E-state index contributed by atoms with van der Waals surface area (Å²) in [6.07, 6.45) is 2.24. The van der Waals surface area contributed by atoms with Gasteiger partial charge in [-0.15, -0.1) is 0 Å². The standard InChI is InChI=1S/C28H25BrClFN4O4/c1-4-16(2)27-34-22-10-9-18(29)13-19(22)28(37)35(27)32-14-17-11-20(30)26(24(12-17)38-3)39-15-25(36)33-23-8-6-5-7-21(23)31/h5-14,16H,4,15H2,1-3H3,(H,33,36)/t16-/m0/s1. The molecule has 4 aromatic rings. The molecule has 0 spiro atoms. The second-order valence-electron chi connectivity index (χ2n) is 8.65. The molecule has 0 aliphatic heterocycles. The molecule has 0 unspecified atom stereocenters. The van der Waals surface area contributed by atoms with Gasteiger partial charge in [0.05, 0.1) is 34.9 Å². The molecule has 0 saturated carbocycles. The number of hydrogen-bond acceptors (Lipinski definition) is 6. The highest BCUT2D eigenvalue weighted by molar-refractivity contribution is 9.10. The zero-order valence-corrected chi connectivity index (χ0v) is 23.7. The smallest absolute Gasteiger partial charge is 0.282 e. The van der Waals surface area contributed by atoms with E-state index in [4.69, 9.17) is 26.1 Å². The highest BCUT2D eigenvalue weighted by Gasteiger charge is 2.17. The van der Waals surface area contributed by atoms with E-state index in [9.17, 15) is 14.0 Å². The molecule has 1 atom stereocenters. The Morgan fingerprint density at radius 3 is 2.74 bits per heavy atom. The van der Waals surface area contributed by atoms with Gasteiger partial charge in [0.25, 0.3) is 11.5 Å². The Kier molecular flexibility index (Phi) is 8.98. The van der Waals surface area contributed by atoms with Crippen LogP contribution in [-0.4, -0.2) is 35.5 Å². The van der Waals surface area contributed by atoms with Crippen LogP contribution in [0.15, 0.2) is 69.0 Å². The van der Waals surface area contributed by atoms with Crippen molar-refractivity contribution in [1.82, 2.24) is 9.66 Å². The van der Waals surface area contributed by atoms with Crippen molar-refractivity contribution in [1.29, 1.82) is 0 Å². The van der Waals surface area contributed by atoms with Crippen LogP contribution in [0, 0.1) is 5.82 Å². The largest absolute Gasteiger partial charge is 0.493 e. The van der Waals surface area contributed by atoms with Crippen LogP contribution in [0.1, 0.15) is 37.6 Å². The molecule has 0 fully saturated rings. The van der Waals surface area contributed by atoms with Crippen molar-refractivity contribution in [3.05, 3.63) is 91.7 Å². The number of carbonyl (C=O) groups excluding carboxylic acids is 1. The summed E-state index contributed by atoms with van der Waals surface area (Å²) in [5.41, 5.74) is 0.858. The van der Waals surface area contributed by atoms with E-state index in [1.807, 2.05) is 19.9 Å². The zero-order chi connectivity index (χ0) is 28.1. The van der Waals surface area contributed by atoms with E-state index in [2.05, 4.69) is 26.3 Å². The molecule has 1 N–H and O–H groups in total. The Balaban J connectivity index is 1.61. The molecule has 0 aliphatic carbocycles. The number of methoxy groups -OCH3 is 1. The van der Waals surface area contributed by atoms with Crippen LogP contribution in [0.25, 0.3) is 10.9 Å². The van der Waals surface area contributed by atoms with E-state index >= 15 is 0 Å². The van der Waals surface area contributed by atoms with Gasteiger partial charge in [0.1, 0.15) is 11.6 Å². The fraction of sp³-hybridized carbons (Fsp3) is 0.214. The normalized spacial score (nSPS) is 12.1. The summed E-state index contributed by atoms with van der Waals surface area (Å²) in [4.78, 5) is 30.3. The number of ether oxygens (including phenoxy) is 2. The van der Waals surface area contributed by atoms with E-state index in [1.54, 1.807) is 30.3 Å². The Hall–Kier alpha value is -3.76. The lowest BCUT2D eigenvalue weighted by atomic mass is 10.1. The number of rotatable bonds is 9. The van der Waals surface area contributed by atoms with Crippen LogP contribution in [-0.2, 0) is 4.79 Å². The first-order chi connectivity index (χ1) is 18.7. The van der Waals surface area contributed by atoms with Crippen LogP contribution in [0.5, 0.6) is 11.5 Å². The van der Waals surface area contributed by atoms with Crippen LogP contribution in [0.2, 0.25) is 5.02 Å². The maximum Gasteiger partial charge on any atom is 0.282 e. The van der Waals surface area contributed by atoms with Crippen LogP contribution in [0.3, 0.4) is 0 Å². The summed E-state index contributed by atoms with van der Waals surface area (Å²) in [7, 11) is 1.43. The van der Waals surface area contributed by atoms with Gasteiger partial charge >= 0.3 is 0 Å². The fourth-order valence-electron chi connectivity index (χ4n) is 3.74. The van der Waals surface area contributed by atoms with Crippen molar-refractivity contribution in [3.63, 3.8) is 0 Å². The predicted octanol–water partition coefficient (Wildman–Crippen LogP) is 6.37. The third-order valence-corrected chi connectivity index (χ3v) is 6.73. The van der Waals surface area contributed by atoms with Crippen molar-refractivity contribution < 1.29 is 18.7 Å². The Labute approximate surface area is 237 Å². The second kappa shape index (κ2) is 12.4. The van der Waals surface area contributed by atoms with Gasteiger partial charge < -0.3 is 14.8 Å². The summed E-state index contributed by atoms with van der Waals surface area (Å²) in [6.45, 7) is 3.56. The number of benzene rings is 3. The molecular weight excluding hydrogens is 591 g/mol. The zero-order valence-electron chi connectivity index (χ0n) is 21.4. The number of aromatic nitrogens is 2. The lowest BCUT2D eigenvalue weighted by Gasteiger charge is -2.15. The van der Waals surface area contributed by atoms with Gasteiger partial charge in [0.15, 0.2) is 18.1 Å². The molecule has 0 bridgehead atoms. The lowest BCUT2D eigenvalue weighted by molar-refractivity contribution is -0.118. The summed E-state index contributed by atoms with van der Waals surface area (Å²) >= 11 is 9.85. The SMILES string of the molecule is CC[C@H](C)c1nc2ccc(Br)cc2c(=O)n1N=Cc1cc(Cl)c(OCC(=O)Nc2ccccc2F)c(OC)c1. The number of para-hydroxylation sites is 1. The van der Waals surface area contributed by atoms with Gasteiger partial charge in [0.2, 0.25) is 0 Å². The number of fused-ring (bicyclic) bond motifs is 1. The van der Waals surface area contributed by atoms with Gasteiger partial charge in [-0.2, -0.15) is 9.78 Å². The average molecular weight is 616 g/mol. The minimum atomic E-state index is -0.573. The van der Waals surface area contributed by atoms with Crippen molar-refractivity contribution in [2.75, 3.05) is 19.0 Å². The Morgan fingerprint density at radius 1 is 1.26 bits per heavy atom. The van der Waals surface area contributed by atoms with Crippen molar-refractivity contribution in [3.8, 4) is 11.5 Å². The van der Waals surface area contributed by atoms with Crippen LogP contribution in [0.4, 0.5) is 10.1 Å². The van der Waals surface area contributed by atoms with Crippen molar-refractivity contribution >= 4 is 56.2 Å². The Morgan fingerprint density at radius 2 is 2.03 bits per heavy atom. The molecule has 0 saturated heterocycles. The first-order valence-corrected chi connectivity index (χ1v) is 13.2. The third-order valence-electron chi connectivity index (χ3n) is 5.96. The highest BCUT2D eigenvalue weighted by atomic mass is 79.9. The first kappa shape index (κ1) is 28.3. The Bertz CT molecular complexity index is 1630. The number of carbonyl (C=O) groups is 1. The summed E-state index contributed by atoms with van der Waals surface area (Å²) < 4.78 is 26.9. The number of hydrogen-bond donors (Lipinski definition) is 1. The molecule has 1 heterocycles. The summed E-state index contributed by atoms with van der Waals surface area (Å²) in [5, 5.41) is 7.48. The predicted molar refractivity (Wildman–Crippen MR) is 154 cm³/mol. The number of halogens is 3. The van der Waals surface area contributed by atoms with Gasteiger partial charge in [-0.25, -0.2) is 9.37 Å². The van der Waals surface area contributed by atoms with Gasteiger partial charge in [-0.05, 0) is 54.4 Å². The van der Waals surface area contributed by atoms with E-state index in [0.717, 1.165) is 10.9 Å². The molecular formula is C28H25BrClFN4O4. The number of amides is 1. The number of nitrogens with zero attached hydrogens (tertiary/aromatic N) is 3. The minimum Gasteiger partial charge on any atom is -0.493 e. The van der Waals surface area contributed by atoms with Gasteiger partial charge in [-0.3, -0.25) is 9.59 Å². The molecule has 11 heteroatoms. The quantitative estimate of drug-likeness (QED) is 0.221. The molecule has 39 heavy (non-hydrogen) atoms. The van der Waals surface area contributed by atoms with Crippen LogP contribution >= 0.6 is 27.5 Å². The van der Waals surface area contributed by atoms with Gasteiger partial charge in [0, 0.05) is 10.4 Å². The fourth-order valence-corrected chi connectivity index (χ4v) is 4.38. The molecule has 4 rings (SSSR count).